The molecule has 23 heavy (non-hydrogen) atoms. The van der Waals surface area contributed by atoms with Gasteiger partial charge in [0.15, 0.2) is 10.6 Å². The molecule has 5 nitrogen and oxygen atoms in total. The van der Waals surface area contributed by atoms with Crippen LogP contribution in [0.1, 0.15) is 10.6 Å². The monoisotopic (exact) mass is 348 g/mol. The van der Waals surface area contributed by atoms with Gasteiger partial charge in [0.2, 0.25) is 0 Å². The predicted octanol–water partition coefficient (Wildman–Crippen LogP) is 3.41. The molecule has 3 rings (SSSR count). The van der Waals surface area contributed by atoms with Crippen LogP contribution in [0.15, 0.2) is 46.0 Å². The highest BCUT2D eigenvalue weighted by Crippen LogP contribution is 2.23. The number of thioether (sulfide) groups is 1. The molecular formula is C16H16N2O3S2. The number of methoxy groups -OCH3 is 1. The zero-order valence-electron chi connectivity index (χ0n) is 12.8. The molecule has 1 amide bonds. The van der Waals surface area contributed by atoms with Crippen molar-refractivity contribution in [3.8, 4) is 5.75 Å². The van der Waals surface area contributed by atoms with E-state index in [-0.39, 0.29) is 11.7 Å². The van der Waals surface area contributed by atoms with Gasteiger partial charge in [0.1, 0.15) is 5.75 Å². The van der Waals surface area contributed by atoms with E-state index in [9.17, 15) is 4.79 Å². The number of aromatic nitrogens is 1. The first-order valence-corrected chi connectivity index (χ1v) is 9.23. The van der Waals surface area contributed by atoms with E-state index in [0.717, 1.165) is 28.3 Å². The van der Waals surface area contributed by atoms with Gasteiger partial charge in [-0.1, -0.05) is 11.3 Å². The fourth-order valence-electron chi connectivity index (χ4n) is 2.21. The van der Waals surface area contributed by atoms with Crippen LogP contribution in [-0.4, -0.2) is 29.6 Å². The summed E-state index contributed by atoms with van der Waals surface area (Å²) in [6.45, 7) is 0.789. The van der Waals surface area contributed by atoms with Gasteiger partial charge in [0.05, 0.1) is 23.6 Å². The Balaban J connectivity index is 2.11. The van der Waals surface area contributed by atoms with Gasteiger partial charge in [0, 0.05) is 12.3 Å². The summed E-state index contributed by atoms with van der Waals surface area (Å²) in [7, 11) is 1.64. The Bertz CT molecular complexity index is 879. The molecule has 3 aromatic rings. The Kier molecular flexibility index (Phi) is 4.88. The summed E-state index contributed by atoms with van der Waals surface area (Å²) in [5.41, 5.74) is 1.05. The first-order valence-electron chi connectivity index (χ1n) is 7.02. The smallest absolute Gasteiger partial charge is 0.315 e. The third-order valence-electron chi connectivity index (χ3n) is 3.34. The summed E-state index contributed by atoms with van der Waals surface area (Å²) in [6.07, 6.45) is 3.53. The number of fused-ring (bicyclic) bond motifs is 1. The minimum absolute atomic E-state index is 0.247. The molecule has 0 N–H and O–H groups in total. The number of carbonyl (C=O) groups excluding carboxylic acids is 1. The summed E-state index contributed by atoms with van der Waals surface area (Å²) in [6, 6.07) is 9.19. The molecule has 0 spiro atoms. The molecule has 2 heterocycles. The lowest BCUT2D eigenvalue weighted by Gasteiger charge is -2.04. The molecule has 120 valence electrons. The largest absolute Gasteiger partial charge is 0.497 e. The second-order valence-corrected chi connectivity index (χ2v) is 6.75. The number of ether oxygens (including phenoxy) is 1. The van der Waals surface area contributed by atoms with Gasteiger partial charge in [-0.05, 0) is 36.6 Å². The Morgan fingerprint density at radius 2 is 2.30 bits per heavy atom. The third kappa shape index (κ3) is 3.35. The van der Waals surface area contributed by atoms with Crippen molar-refractivity contribution in [3.63, 3.8) is 0 Å². The number of amides is 1. The minimum atomic E-state index is -0.369. The van der Waals surface area contributed by atoms with E-state index in [0.29, 0.717) is 4.80 Å². The van der Waals surface area contributed by atoms with Crippen LogP contribution in [0, 0.1) is 0 Å². The molecule has 0 unspecified atom stereocenters. The van der Waals surface area contributed by atoms with Gasteiger partial charge in [-0.15, -0.1) is 0 Å². The molecular weight excluding hydrogens is 332 g/mol. The van der Waals surface area contributed by atoms with Gasteiger partial charge in [-0.25, -0.2) is 0 Å². The Morgan fingerprint density at radius 1 is 1.43 bits per heavy atom. The minimum Gasteiger partial charge on any atom is -0.497 e. The summed E-state index contributed by atoms with van der Waals surface area (Å²) in [5, 5.41) is 0. The maximum Gasteiger partial charge on any atom is 0.315 e. The van der Waals surface area contributed by atoms with Crippen LogP contribution < -0.4 is 9.54 Å². The average molecular weight is 348 g/mol. The fourth-order valence-corrected chi connectivity index (χ4v) is 3.65. The quantitative estimate of drug-likeness (QED) is 0.709. The number of carbonyl (C=O) groups is 1. The van der Waals surface area contributed by atoms with Crippen LogP contribution in [0.2, 0.25) is 0 Å². The highest BCUT2D eigenvalue weighted by Gasteiger charge is 2.11. The number of hydrogen-bond donors (Lipinski definition) is 0. The van der Waals surface area contributed by atoms with E-state index in [1.54, 1.807) is 31.0 Å². The van der Waals surface area contributed by atoms with Gasteiger partial charge in [0.25, 0.3) is 0 Å². The highest BCUT2D eigenvalue weighted by molar-refractivity contribution is 7.98. The van der Waals surface area contributed by atoms with E-state index in [1.807, 2.05) is 18.2 Å². The molecule has 0 aliphatic heterocycles. The third-order valence-corrected chi connectivity index (χ3v) is 4.97. The van der Waals surface area contributed by atoms with Crippen molar-refractivity contribution in [3.05, 3.63) is 47.2 Å². The average Bonchev–Trinajstić information content (AvgIpc) is 3.20. The zero-order chi connectivity index (χ0) is 16.2. The first kappa shape index (κ1) is 15.9. The lowest BCUT2D eigenvalue weighted by atomic mass is 10.3. The second-order valence-electron chi connectivity index (χ2n) is 4.76. The van der Waals surface area contributed by atoms with Crippen LogP contribution in [0.25, 0.3) is 10.2 Å². The van der Waals surface area contributed by atoms with Crippen LogP contribution >= 0.6 is 23.1 Å². The van der Waals surface area contributed by atoms with E-state index in [4.69, 9.17) is 9.15 Å². The normalized spacial score (nSPS) is 12.0. The van der Waals surface area contributed by atoms with Crippen molar-refractivity contribution in [2.24, 2.45) is 4.99 Å². The topological polar surface area (TPSA) is 56.7 Å². The van der Waals surface area contributed by atoms with E-state index in [2.05, 4.69) is 15.8 Å². The van der Waals surface area contributed by atoms with Crippen molar-refractivity contribution in [2.45, 2.75) is 6.54 Å². The maximum absolute atomic E-state index is 12.2. The van der Waals surface area contributed by atoms with Crippen LogP contribution in [0.3, 0.4) is 0 Å². The summed E-state index contributed by atoms with van der Waals surface area (Å²) < 4.78 is 13.5. The van der Waals surface area contributed by atoms with Crippen molar-refractivity contribution < 1.29 is 13.9 Å². The lowest BCUT2D eigenvalue weighted by Crippen LogP contribution is -2.18. The van der Waals surface area contributed by atoms with Crippen molar-refractivity contribution >= 4 is 39.2 Å². The molecule has 0 fully saturated rings. The number of benzene rings is 1. The number of thiazole rings is 1. The number of hydrogen-bond acceptors (Lipinski definition) is 5. The van der Waals surface area contributed by atoms with Gasteiger partial charge < -0.3 is 13.7 Å². The number of rotatable bonds is 5. The zero-order valence-corrected chi connectivity index (χ0v) is 14.4. The standard InChI is InChI=1S/C16H16N2O3S2/c1-20-11-5-6-12-14(10-11)23-16(18(12)7-9-22-2)17-15(19)13-4-3-8-21-13/h3-6,8,10H,7,9H2,1-2H3. The van der Waals surface area contributed by atoms with Gasteiger partial charge in [-0.3, -0.25) is 4.79 Å². The molecule has 0 saturated carbocycles. The van der Waals surface area contributed by atoms with Crippen molar-refractivity contribution in [1.29, 1.82) is 0 Å². The predicted molar refractivity (Wildman–Crippen MR) is 93.4 cm³/mol. The van der Waals surface area contributed by atoms with Gasteiger partial charge in [-0.2, -0.15) is 16.8 Å². The molecule has 1 aromatic carbocycles. The maximum atomic E-state index is 12.2. The highest BCUT2D eigenvalue weighted by atomic mass is 32.2. The van der Waals surface area contributed by atoms with Crippen molar-refractivity contribution in [1.82, 2.24) is 4.57 Å². The number of nitrogens with zero attached hydrogens (tertiary/aromatic N) is 2. The number of furan rings is 1. The molecule has 2 aromatic heterocycles. The molecule has 0 aliphatic rings. The first-order chi connectivity index (χ1) is 11.2. The van der Waals surface area contributed by atoms with Gasteiger partial charge >= 0.3 is 5.91 Å². The van der Waals surface area contributed by atoms with Crippen LogP contribution in [0.5, 0.6) is 5.75 Å². The summed E-state index contributed by atoms with van der Waals surface area (Å²) >= 11 is 3.23. The molecule has 0 bridgehead atoms. The number of aryl methyl sites for hydroxylation is 1. The molecule has 7 heteroatoms. The molecule has 0 radical (unpaired) electrons. The molecule has 0 atom stereocenters. The summed E-state index contributed by atoms with van der Waals surface area (Å²) in [5.74, 6) is 1.61. The fraction of sp³-hybridized carbons (Fsp3) is 0.250. The molecule has 0 saturated heterocycles. The van der Waals surface area contributed by atoms with E-state index in [1.165, 1.54) is 17.6 Å². The Morgan fingerprint density at radius 3 is 3.00 bits per heavy atom. The van der Waals surface area contributed by atoms with E-state index < -0.39 is 0 Å². The second kappa shape index (κ2) is 7.06. The van der Waals surface area contributed by atoms with Crippen molar-refractivity contribution in [2.75, 3.05) is 19.1 Å². The Labute approximate surface area is 141 Å². The molecule has 0 aliphatic carbocycles. The van der Waals surface area contributed by atoms with E-state index >= 15 is 0 Å². The van der Waals surface area contributed by atoms with Crippen LogP contribution in [0.4, 0.5) is 0 Å². The Hall–Kier alpha value is -1.99. The summed E-state index contributed by atoms with van der Waals surface area (Å²) in [4.78, 5) is 17.1. The van der Waals surface area contributed by atoms with Crippen LogP contribution in [-0.2, 0) is 6.54 Å². The SMILES string of the molecule is COc1ccc2c(c1)sc(=NC(=O)c1ccco1)n2CCSC. The lowest BCUT2D eigenvalue weighted by molar-refractivity contribution is 0.0971.